The van der Waals surface area contributed by atoms with Gasteiger partial charge >= 0.3 is 0 Å². The Bertz CT molecular complexity index is 576. The lowest BCUT2D eigenvalue weighted by molar-refractivity contribution is 0.0956. The first-order chi connectivity index (χ1) is 10.1. The summed E-state index contributed by atoms with van der Waals surface area (Å²) < 4.78 is 0. The largest absolute Gasteiger partial charge is 0.397 e. The summed E-state index contributed by atoms with van der Waals surface area (Å²) in [5, 5.41) is 4.26. The molecule has 3 fully saturated rings. The van der Waals surface area contributed by atoms with Crippen molar-refractivity contribution in [2.45, 2.75) is 50.1 Å². The normalized spacial score (nSPS) is 25.4. The van der Waals surface area contributed by atoms with Gasteiger partial charge in [0.15, 0.2) is 0 Å². The number of amides is 1. The van der Waals surface area contributed by atoms with E-state index in [0.717, 1.165) is 38.0 Å². The maximum absolute atomic E-state index is 12.4. The van der Waals surface area contributed by atoms with Crippen LogP contribution in [0.4, 0.5) is 10.7 Å². The number of anilines is 2. The molecule has 1 aliphatic heterocycles. The van der Waals surface area contributed by atoms with Crippen LogP contribution in [0.1, 0.15) is 53.3 Å². The molecule has 1 aromatic rings. The molecule has 114 valence electrons. The van der Waals surface area contributed by atoms with Gasteiger partial charge in [-0.3, -0.25) is 4.79 Å². The van der Waals surface area contributed by atoms with Gasteiger partial charge in [-0.1, -0.05) is 0 Å². The van der Waals surface area contributed by atoms with Crippen molar-refractivity contribution >= 4 is 27.9 Å². The number of hydrogen-bond donors (Lipinski definition) is 3. The first-order valence-corrected chi connectivity index (χ1v) is 8.68. The Morgan fingerprint density at radius 2 is 2.00 bits per heavy atom. The molecular weight excluding hydrogens is 284 g/mol. The lowest BCUT2D eigenvalue weighted by atomic mass is 10.1. The smallest absolute Gasteiger partial charge is 0.263 e. The van der Waals surface area contributed by atoms with Gasteiger partial charge in [0.05, 0.1) is 10.7 Å². The van der Waals surface area contributed by atoms with E-state index in [1.54, 1.807) is 11.3 Å². The van der Waals surface area contributed by atoms with Crippen LogP contribution in [0.2, 0.25) is 0 Å². The number of carbonyl (C=O) groups excluding carboxylic acids is 1. The SMILES string of the molecule is Nc1c(C(=O)NC2CC2)sc(N2CCC(N)C2)c1C1CC1. The van der Waals surface area contributed by atoms with Gasteiger partial charge in [0.25, 0.3) is 5.91 Å². The summed E-state index contributed by atoms with van der Waals surface area (Å²) in [5.41, 5.74) is 14.3. The van der Waals surface area contributed by atoms with Crippen LogP contribution in [0.15, 0.2) is 0 Å². The first kappa shape index (κ1) is 13.4. The Kier molecular flexibility index (Phi) is 3.11. The molecule has 0 bridgehead atoms. The average Bonchev–Trinajstić information content (AvgIpc) is 3.36. The van der Waals surface area contributed by atoms with E-state index in [1.165, 1.54) is 23.4 Å². The first-order valence-electron chi connectivity index (χ1n) is 7.87. The summed E-state index contributed by atoms with van der Waals surface area (Å²) in [4.78, 5) is 15.4. The Morgan fingerprint density at radius 1 is 1.24 bits per heavy atom. The third-order valence-corrected chi connectivity index (χ3v) is 5.86. The van der Waals surface area contributed by atoms with Crippen LogP contribution in [-0.4, -0.2) is 31.1 Å². The van der Waals surface area contributed by atoms with Crippen LogP contribution in [0.3, 0.4) is 0 Å². The number of rotatable bonds is 4. The zero-order chi connectivity index (χ0) is 14.6. The molecule has 4 rings (SSSR count). The minimum absolute atomic E-state index is 0.0108. The van der Waals surface area contributed by atoms with E-state index >= 15 is 0 Å². The molecule has 1 amide bonds. The zero-order valence-electron chi connectivity index (χ0n) is 12.1. The molecule has 0 radical (unpaired) electrons. The lowest BCUT2D eigenvalue weighted by Gasteiger charge is -2.18. The molecule has 1 saturated heterocycles. The van der Waals surface area contributed by atoms with E-state index in [2.05, 4.69) is 10.2 Å². The Morgan fingerprint density at radius 3 is 2.57 bits per heavy atom. The standard InChI is InChI=1S/C15H22N4OS/c16-9-5-6-19(7-9)15-11(8-1-2-8)12(17)13(21-15)14(20)18-10-3-4-10/h8-10H,1-7,16-17H2,(H,18,20). The van der Waals surface area contributed by atoms with Crippen LogP contribution in [0, 0.1) is 0 Å². The molecule has 5 N–H and O–H groups in total. The topological polar surface area (TPSA) is 84.4 Å². The van der Waals surface area contributed by atoms with Crippen molar-refractivity contribution in [1.29, 1.82) is 0 Å². The fraction of sp³-hybridized carbons (Fsp3) is 0.667. The van der Waals surface area contributed by atoms with Crippen LogP contribution < -0.4 is 21.7 Å². The van der Waals surface area contributed by atoms with Crippen molar-refractivity contribution in [1.82, 2.24) is 5.32 Å². The maximum Gasteiger partial charge on any atom is 0.263 e. The minimum Gasteiger partial charge on any atom is -0.397 e. The van der Waals surface area contributed by atoms with Crippen molar-refractivity contribution in [3.05, 3.63) is 10.4 Å². The van der Waals surface area contributed by atoms with Gasteiger partial charge in [-0.05, 0) is 38.0 Å². The molecule has 2 heterocycles. The highest BCUT2D eigenvalue weighted by atomic mass is 32.1. The van der Waals surface area contributed by atoms with Crippen molar-refractivity contribution in [3.8, 4) is 0 Å². The molecule has 0 aromatic carbocycles. The molecule has 1 atom stereocenters. The monoisotopic (exact) mass is 306 g/mol. The van der Waals surface area contributed by atoms with Crippen molar-refractivity contribution in [3.63, 3.8) is 0 Å². The number of hydrogen-bond acceptors (Lipinski definition) is 5. The fourth-order valence-corrected chi connectivity index (χ4v) is 4.31. The van der Waals surface area contributed by atoms with Gasteiger partial charge in [0, 0.05) is 30.7 Å². The second-order valence-corrected chi connectivity index (χ2v) is 7.58. The molecule has 2 saturated carbocycles. The highest BCUT2D eigenvalue weighted by Gasteiger charge is 2.36. The number of carbonyl (C=O) groups is 1. The minimum atomic E-state index is 0.0108. The molecule has 3 aliphatic rings. The second kappa shape index (κ2) is 4.88. The number of nitrogens with one attached hydrogen (secondary N) is 1. The van der Waals surface area contributed by atoms with Gasteiger partial charge in [0.2, 0.25) is 0 Å². The van der Waals surface area contributed by atoms with Gasteiger partial charge in [0.1, 0.15) is 4.88 Å². The molecule has 21 heavy (non-hydrogen) atoms. The third-order valence-electron chi connectivity index (χ3n) is 4.58. The van der Waals surface area contributed by atoms with Gasteiger partial charge in [-0.2, -0.15) is 0 Å². The maximum atomic E-state index is 12.4. The molecule has 1 aromatic heterocycles. The molecule has 6 heteroatoms. The van der Waals surface area contributed by atoms with E-state index in [9.17, 15) is 4.79 Å². The van der Waals surface area contributed by atoms with E-state index in [-0.39, 0.29) is 11.9 Å². The number of nitrogens with zero attached hydrogens (tertiary/aromatic N) is 1. The average molecular weight is 306 g/mol. The Labute approximate surface area is 128 Å². The second-order valence-electron chi connectivity index (χ2n) is 6.58. The number of nitrogen functional groups attached to an aromatic ring is 1. The molecule has 2 aliphatic carbocycles. The van der Waals surface area contributed by atoms with Gasteiger partial charge in [-0.15, -0.1) is 11.3 Å². The van der Waals surface area contributed by atoms with Gasteiger partial charge in [-0.25, -0.2) is 0 Å². The molecule has 0 spiro atoms. The predicted octanol–water partition coefficient (Wildman–Crippen LogP) is 1.64. The molecular formula is C15H22N4OS. The number of nitrogens with two attached hydrogens (primary N) is 2. The summed E-state index contributed by atoms with van der Waals surface area (Å²) >= 11 is 1.56. The third kappa shape index (κ3) is 2.51. The van der Waals surface area contributed by atoms with E-state index < -0.39 is 0 Å². The highest BCUT2D eigenvalue weighted by molar-refractivity contribution is 7.18. The molecule has 5 nitrogen and oxygen atoms in total. The summed E-state index contributed by atoms with van der Waals surface area (Å²) in [6.45, 7) is 1.86. The summed E-state index contributed by atoms with van der Waals surface area (Å²) in [5.74, 6) is 0.562. The highest BCUT2D eigenvalue weighted by Crippen LogP contribution is 2.52. The lowest BCUT2D eigenvalue weighted by Crippen LogP contribution is -2.26. The van der Waals surface area contributed by atoms with Crippen molar-refractivity contribution in [2.75, 3.05) is 23.7 Å². The Hall–Kier alpha value is -1.27. The number of thiophene rings is 1. The van der Waals surface area contributed by atoms with Crippen LogP contribution in [0.5, 0.6) is 0 Å². The fourth-order valence-electron chi connectivity index (χ4n) is 3.06. The summed E-state index contributed by atoms with van der Waals surface area (Å²) in [6, 6.07) is 0.608. The van der Waals surface area contributed by atoms with E-state index in [0.29, 0.717) is 16.8 Å². The van der Waals surface area contributed by atoms with Crippen LogP contribution in [-0.2, 0) is 0 Å². The zero-order valence-corrected chi connectivity index (χ0v) is 12.9. The summed E-state index contributed by atoms with van der Waals surface area (Å²) in [6.07, 6.45) is 5.60. The van der Waals surface area contributed by atoms with Crippen LogP contribution in [0.25, 0.3) is 0 Å². The van der Waals surface area contributed by atoms with Crippen LogP contribution >= 0.6 is 11.3 Å². The Balaban J connectivity index is 1.66. The molecule has 1 unspecified atom stereocenters. The van der Waals surface area contributed by atoms with E-state index in [1.807, 2.05) is 0 Å². The predicted molar refractivity (Wildman–Crippen MR) is 86.0 cm³/mol. The quantitative estimate of drug-likeness (QED) is 0.789. The van der Waals surface area contributed by atoms with Crippen molar-refractivity contribution < 1.29 is 4.79 Å². The summed E-state index contributed by atoms with van der Waals surface area (Å²) in [7, 11) is 0. The van der Waals surface area contributed by atoms with Crippen molar-refractivity contribution in [2.24, 2.45) is 5.73 Å². The van der Waals surface area contributed by atoms with Gasteiger partial charge < -0.3 is 21.7 Å². The van der Waals surface area contributed by atoms with E-state index in [4.69, 9.17) is 11.5 Å².